The van der Waals surface area contributed by atoms with Gasteiger partial charge in [-0.15, -0.1) is 0 Å². The van der Waals surface area contributed by atoms with Crippen molar-refractivity contribution in [2.24, 2.45) is 0 Å². The summed E-state index contributed by atoms with van der Waals surface area (Å²) in [5.41, 5.74) is 1.89. The summed E-state index contributed by atoms with van der Waals surface area (Å²) in [6, 6.07) is 13.3. The minimum atomic E-state index is -0.512. The van der Waals surface area contributed by atoms with Crippen LogP contribution in [0.1, 0.15) is 21.7 Å². The Labute approximate surface area is 175 Å². The second kappa shape index (κ2) is 8.16. The van der Waals surface area contributed by atoms with Crippen molar-refractivity contribution < 1.29 is 23.2 Å². The summed E-state index contributed by atoms with van der Waals surface area (Å²) in [6.07, 6.45) is 1.36. The number of nitrogens with zero attached hydrogens (tertiary/aromatic N) is 1. The first-order valence-corrected chi connectivity index (χ1v) is 10.0. The number of halogens is 1. The van der Waals surface area contributed by atoms with Crippen LogP contribution in [0.5, 0.6) is 0 Å². The second-order valence-electron chi connectivity index (χ2n) is 6.76. The third-order valence-corrected chi connectivity index (χ3v) is 5.49. The summed E-state index contributed by atoms with van der Waals surface area (Å²) in [4.78, 5) is 38.2. The normalized spacial score (nSPS) is 15.4. The number of thioether (sulfide) groups is 1. The molecule has 0 aliphatic carbocycles. The van der Waals surface area contributed by atoms with Gasteiger partial charge in [-0.05, 0) is 49.0 Å². The molecule has 1 aliphatic rings. The molecule has 2 aromatic carbocycles. The number of nitrogens with one attached hydrogen (secondary N) is 1. The highest BCUT2D eigenvalue weighted by Crippen LogP contribution is 2.32. The Balaban J connectivity index is 1.38. The SMILES string of the molecule is Cc1ccc2oc(C(=O)NCCN3C(=O)S/C(=C/c4ccccc4F)C3=O)cc2c1. The van der Waals surface area contributed by atoms with Gasteiger partial charge in [0.25, 0.3) is 17.1 Å². The molecule has 152 valence electrons. The first-order valence-electron chi connectivity index (χ1n) is 9.20. The van der Waals surface area contributed by atoms with E-state index in [4.69, 9.17) is 4.42 Å². The molecule has 0 radical (unpaired) electrons. The molecule has 0 saturated carbocycles. The zero-order valence-corrected chi connectivity index (χ0v) is 16.8. The van der Waals surface area contributed by atoms with Crippen LogP contribution in [0.15, 0.2) is 57.9 Å². The van der Waals surface area contributed by atoms with Gasteiger partial charge in [0.2, 0.25) is 0 Å². The lowest BCUT2D eigenvalue weighted by atomic mass is 10.2. The molecule has 3 aromatic rings. The number of benzene rings is 2. The average molecular weight is 424 g/mol. The van der Waals surface area contributed by atoms with Gasteiger partial charge in [0.1, 0.15) is 11.4 Å². The van der Waals surface area contributed by atoms with Gasteiger partial charge in [0.15, 0.2) is 5.76 Å². The average Bonchev–Trinajstić information content (AvgIpc) is 3.25. The molecule has 1 aromatic heterocycles. The molecule has 8 heteroatoms. The molecule has 2 heterocycles. The van der Waals surface area contributed by atoms with E-state index in [1.807, 2.05) is 19.1 Å². The summed E-state index contributed by atoms with van der Waals surface area (Å²) >= 11 is 0.746. The lowest BCUT2D eigenvalue weighted by Crippen LogP contribution is -2.37. The zero-order chi connectivity index (χ0) is 21.3. The molecule has 1 N–H and O–H groups in total. The van der Waals surface area contributed by atoms with Crippen molar-refractivity contribution >= 4 is 45.9 Å². The van der Waals surface area contributed by atoms with Gasteiger partial charge in [0.05, 0.1) is 4.91 Å². The summed E-state index contributed by atoms with van der Waals surface area (Å²) in [5, 5.41) is 3.01. The molecule has 0 bridgehead atoms. The number of imide groups is 1. The number of furan rings is 1. The van der Waals surface area contributed by atoms with E-state index >= 15 is 0 Å². The molecular weight excluding hydrogens is 407 g/mol. The number of hydrogen-bond donors (Lipinski definition) is 1. The number of fused-ring (bicyclic) bond motifs is 1. The summed E-state index contributed by atoms with van der Waals surface area (Å²) in [7, 11) is 0. The minimum Gasteiger partial charge on any atom is -0.451 e. The molecule has 0 spiro atoms. The maximum Gasteiger partial charge on any atom is 0.293 e. The van der Waals surface area contributed by atoms with Crippen LogP contribution < -0.4 is 5.32 Å². The lowest BCUT2D eigenvalue weighted by molar-refractivity contribution is -0.122. The number of aryl methyl sites for hydroxylation is 1. The predicted octanol–water partition coefficient (Wildman–Crippen LogP) is 4.35. The van der Waals surface area contributed by atoms with E-state index in [9.17, 15) is 18.8 Å². The highest BCUT2D eigenvalue weighted by molar-refractivity contribution is 8.18. The third kappa shape index (κ3) is 3.99. The van der Waals surface area contributed by atoms with Crippen LogP contribution in [0.4, 0.5) is 9.18 Å². The fourth-order valence-electron chi connectivity index (χ4n) is 3.07. The first kappa shape index (κ1) is 19.9. The highest BCUT2D eigenvalue weighted by Gasteiger charge is 2.34. The third-order valence-electron chi connectivity index (χ3n) is 4.58. The van der Waals surface area contributed by atoms with Gasteiger partial charge in [0, 0.05) is 24.0 Å². The maximum atomic E-state index is 13.8. The van der Waals surface area contributed by atoms with Crippen molar-refractivity contribution in [3.05, 3.63) is 76.1 Å². The Kier molecular flexibility index (Phi) is 5.41. The van der Waals surface area contributed by atoms with Crippen molar-refractivity contribution in [3.8, 4) is 0 Å². The van der Waals surface area contributed by atoms with E-state index in [1.165, 1.54) is 18.2 Å². The summed E-state index contributed by atoms with van der Waals surface area (Å²) < 4.78 is 19.3. The van der Waals surface area contributed by atoms with E-state index in [2.05, 4.69) is 5.32 Å². The van der Waals surface area contributed by atoms with Crippen molar-refractivity contribution in [1.82, 2.24) is 10.2 Å². The highest BCUT2D eigenvalue weighted by atomic mass is 32.2. The lowest BCUT2D eigenvalue weighted by Gasteiger charge is -2.12. The largest absolute Gasteiger partial charge is 0.451 e. The van der Waals surface area contributed by atoms with Crippen LogP contribution in [-0.2, 0) is 4.79 Å². The molecule has 30 heavy (non-hydrogen) atoms. The smallest absolute Gasteiger partial charge is 0.293 e. The van der Waals surface area contributed by atoms with Gasteiger partial charge in [-0.1, -0.05) is 29.8 Å². The molecule has 3 amide bonds. The van der Waals surface area contributed by atoms with Crippen molar-refractivity contribution in [2.45, 2.75) is 6.92 Å². The minimum absolute atomic E-state index is 0.00432. The van der Waals surface area contributed by atoms with Crippen LogP contribution >= 0.6 is 11.8 Å². The zero-order valence-electron chi connectivity index (χ0n) is 16.0. The number of rotatable bonds is 5. The van der Waals surface area contributed by atoms with E-state index in [1.54, 1.807) is 24.3 Å². The van der Waals surface area contributed by atoms with Crippen LogP contribution in [0.3, 0.4) is 0 Å². The quantitative estimate of drug-likeness (QED) is 0.616. The summed E-state index contributed by atoms with van der Waals surface area (Å²) in [5.74, 6) is -1.26. The second-order valence-corrected chi connectivity index (χ2v) is 7.76. The fourth-order valence-corrected chi connectivity index (χ4v) is 3.93. The van der Waals surface area contributed by atoms with Crippen LogP contribution in [0, 0.1) is 12.7 Å². The van der Waals surface area contributed by atoms with E-state index in [0.717, 1.165) is 27.6 Å². The Morgan fingerprint density at radius 1 is 1.20 bits per heavy atom. The standard InChI is InChI=1S/C22H17FN2O4S/c1-13-6-7-17-15(10-13)11-18(29-17)20(26)24-8-9-25-21(27)19(30-22(25)28)12-14-4-2-3-5-16(14)23/h2-7,10-12H,8-9H2,1H3,(H,24,26)/b19-12+. The van der Waals surface area contributed by atoms with E-state index in [-0.39, 0.29) is 29.3 Å². The van der Waals surface area contributed by atoms with Crippen molar-refractivity contribution in [3.63, 3.8) is 0 Å². The molecule has 1 fully saturated rings. The number of hydrogen-bond acceptors (Lipinski definition) is 5. The number of amides is 3. The molecule has 0 unspecified atom stereocenters. The number of carbonyl (C=O) groups is 3. The van der Waals surface area contributed by atoms with E-state index < -0.39 is 22.9 Å². The topological polar surface area (TPSA) is 79.6 Å². The molecule has 6 nitrogen and oxygen atoms in total. The summed E-state index contributed by atoms with van der Waals surface area (Å²) in [6.45, 7) is 2.02. The first-order chi connectivity index (χ1) is 14.4. The fraction of sp³-hybridized carbons (Fsp3) is 0.136. The molecule has 1 aliphatic heterocycles. The van der Waals surface area contributed by atoms with Crippen LogP contribution in [0.25, 0.3) is 17.0 Å². The van der Waals surface area contributed by atoms with Gasteiger partial charge < -0.3 is 9.73 Å². The molecule has 4 rings (SSSR count). The molecular formula is C22H17FN2O4S. The van der Waals surface area contributed by atoms with Gasteiger partial charge in [-0.3, -0.25) is 19.3 Å². The van der Waals surface area contributed by atoms with Crippen molar-refractivity contribution in [2.75, 3.05) is 13.1 Å². The Hall–Kier alpha value is -3.39. The van der Waals surface area contributed by atoms with Crippen molar-refractivity contribution in [1.29, 1.82) is 0 Å². The molecule has 0 atom stereocenters. The Morgan fingerprint density at radius 2 is 2.00 bits per heavy atom. The van der Waals surface area contributed by atoms with E-state index in [0.29, 0.717) is 5.58 Å². The Morgan fingerprint density at radius 3 is 2.80 bits per heavy atom. The van der Waals surface area contributed by atoms with Gasteiger partial charge in [-0.25, -0.2) is 4.39 Å². The number of carbonyl (C=O) groups excluding carboxylic acids is 3. The molecule has 1 saturated heterocycles. The van der Waals surface area contributed by atoms with Crippen LogP contribution in [-0.4, -0.2) is 35.0 Å². The predicted molar refractivity (Wildman–Crippen MR) is 112 cm³/mol. The Bertz CT molecular complexity index is 1200. The maximum absolute atomic E-state index is 13.8. The van der Waals surface area contributed by atoms with Gasteiger partial charge >= 0.3 is 0 Å². The van der Waals surface area contributed by atoms with Gasteiger partial charge in [-0.2, -0.15) is 0 Å². The monoisotopic (exact) mass is 424 g/mol. The van der Waals surface area contributed by atoms with Crippen LogP contribution in [0.2, 0.25) is 0 Å².